The topological polar surface area (TPSA) is 48.7 Å². The summed E-state index contributed by atoms with van der Waals surface area (Å²) in [6, 6.07) is 22.2. The van der Waals surface area contributed by atoms with Crippen molar-refractivity contribution in [2.75, 3.05) is 5.32 Å². The first-order valence-electron chi connectivity index (χ1n) is 6.63. The van der Waals surface area contributed by atoms with Crippen molar-refractivity contribution in [3.8, 4) is 17.2 Å². The maximum Gasteiger partial charge on any atom is 0.101 e. The van der Waals surface area contributed by atoms with Crippen molar-refractivity contribution < 1.29 is 0 Å². The van der Waals surface area contributed by atoms with Crippen LogP contribution in [0.25, 0.3) is 11.1 Å². The number of pyridine rings is 1. The molecule has 0 atom stereocenters. The minimum absolute atomic E-state index is 0.581. The lowest BCUT2D eigenvalue weighted by atomic mass is 10.1. The summed E-state index contributed by atoms with van der Waals surface area (Å²) in [7, 11) is 0. The van der Waals surface area contributed by atoms with Gasteiger partial charge >= 0.3 is 0 Å². The van der Waals surface area contributed by atoms with Crippen LogP contribution < -0.4 is 5.32 Å². The van der Waals surface area contributed by atoms with Crippen molar-refractivity contribution >= 4 is 11.4 Å². The van der Waals surface area contributed by atoms with Crippen molar-refractivity contribution in [3.05, 3.63) is 78.6 Å². The molecule has 21 heavy (non-hydrogen) atoms. The highest BCUT2D eigenvalue weighted by atomic mass is 14.9. The first kappa shape index (κ1) is 12.9. The quantitative estimate of drug-likeness (QED) is 0.769. The molecule has 2 aromatic carbocycles. The van der Waals surface area contributed by atoms with E-state index in [1.54, 1.807) is 18.5 Å². The number of benzene rings is 2. The van der Waals surface area contributed by atoms with Gasteiger partial charge in [-0.15, -0.1) is 0 Å². The van der Waals surface area contributed by atoms with Crippen LogP contribution in [0.5, 0.6) is 0 Å². The van der Waals surface area contributed by atoms with Gasteiger partial charge in [0, 0.05) is 11.9 Å². The van der Waals surface area contributed by atoms with Gasteiger partial charge in [-0.25, -0.2) is 0 Å². The molecule has 0 amide bonds. The molecule has 0 aliphatic rings. The molecular weight excluding hydrogens is 258 g/mol. The third-order valence-electron chi connectivity index (χ3n) is 3.21. The molecule has 0 saturated carbocycles. The number of nitrogens with one attached hydrogen (secondary N) is 1. The molecule has 3 heteroatoms. The highest BCUT2D eigenvalue weighted by molar-refractivity contribution is 5.70. The highest BCUT2D eigenvalue weighted by Gasteiger charge is 2.02. The minimum Gasteiger partial charge on any atom is -0.353 e. The molecular formula is C18H13N3. The van der Waals surface area contributed by atoms with Crippen LogP contribution in [-0.4, -0.2) is 4.98 Å². The van der Waals surface area contributed by atoms with E-state index < -0.39 is 0 Å². The Balaban J connectivity index is 1.84. The third-order valence-corrected chi connectivity index (χ3v) is 3.21. The number of nitrogens with zero attached hydrogens (tertiary/aromatic N) is 2. The summed E-state index contributed by atoms with van der Waals surface area (Å²) < 4.78 is 0. The Bertz CT molecular complexity index is 772. The van der Waals surface area contributed by atoms with Gasteiger partial charge in [-0.05, 0) is 29.3 Å². The Morgan fingerprint density at radius 1 is 0.857 bits per heavy atom. The van der Waals surface area contributed by atoms with E-state index in [1.165, 1.54) is 5.56 Å². The smallest absolute Gasteiger partial charge is 0.101 e. The molecule has 1 aromatic heterocycles. The maximum absolute atomic E-state index is 9.07. The van der Waals surface area contributed by atoms with Crippen LogP contribution in [0.3, 0.4) is 0 Å². The lowest BCUT2D eigenvalue weighted by molar-refractivity contribution is 1.30. The van der Waals surface area contributed by atoms with Crippen molar-refractivity contribution in [1.29, 1.82) is 5.26 Å². The minimum atomic E-state index is 0.581. The van der Waals surface area contributed by atoms with Gasteiger partial charge in [0.1, 0.15) is 6.07 Å². The summed E-state index contributed by atoms with van der Waals surface area (Å²) in [5.74, 6) is 0. The summed E-state index contributed by atoms with van der Waals surface area (Å²) in [5, 5.41) is 12.3. The lowest BCUT2D eigenvalue weighted by Gasteiger charge is -2.08. The van der Waals surface area contributed by atoms with Crippen LogP contribution in [0, 0.1) is 11.3 Å². The average molecular weight is 271 g/mol. The predicted octanol–water partition coefficient (Wildman–Crippen LogP) is 4.36. The Hall–Kier alpha value is -3.12. The Labute approximate surface area is 123 Å². The average Bonchev–Trinajstić information content (AvgIpc) is 2.57. The zero-order valence-electron chi connectivity index (χ0n) is 11.3. The molecule has 0 bridgehead atoms. The van der Waals surface area contributed by atoms with E-state index >= 15 is 0 Å². The fourth-order valence-electron chi connectivity index (χ4n) is 2.12. The molecule has 3 rings (SSSR count). The van der Waals surface area contributed by atoms with E-state index in [2.05, 4.69) is 40.6 Å². The van der Waals surface area contributed by atoms with Crippen LogP contribution in [0.4, 0.5) is 11.4 Å². The number of hydrogen-bond donors (Lipinski definition) is 1. The highest BCUT2D eigenvalue weighted by Crippen LogP contribution is 2.24. The monoisotopic (exact) mass is 271 g/mol. The van der Waals surface area contributed by atoms with Gasteiger partial charge in [0.2, 0.25) is 0 Å². The summed E-state index contributed by atoms with van der Waals surface area (Å²) >= 11 is 0. The second kappa shape index (κ2) is 5.89. The molecule has 1 heterocycles. The van der Waals surface area contributed by atoms with Gasteiger partial charge in [-0.3, -0.25) is 4.98 Å². The second-order valence-corrected chi connectivity index (χ2v) is 4.60. The normalized spacial score (nSPS) is 9.86. The van der Waals surface area contributed by atoms with Crippen molar-refractivity contribution in [3.63, 3.8) is 0 Å². The summed E-state index contributed by atoms with van der Waals surface area (Å²) in [5.41, 5.74) is 4.57. The van der Waals surface area contributed by atoms with Crippen LogP contribution in [0.15, 0.2) is 73.1 Å². The largest absolute Gasteiger partial charge is 0.353 e. The van der Waals surface area contributed by atoms with E-state index in [-0.39, 0.29) is 0 Å². The molecule has 0 radical (unpaired) electrons. The van der Waals surface area contributed by atoms with Gasteiger partial charge in [0.15, 0.2) is 0 Å². The first-order chi connectivity index (χ1) is 10.4. The summed E-state index contributed by atoms with van der Waals surface area (Å²) in [4.78, 5) is 4.04. The molecule has 0 aliphatic heterocycles. The zero-order chi connectivity index (χ0) is 14.5. The summed E-state index contributed by atoms with van der Waals surface area (Å²) in [6.45, 7) is 0. The van der Waals surface area contributed by atoms with E-state index in [0.29, 0.717) is 11.3 Å². The van der Waals surface area contributed by atoms with Crippen LogP contribution in [-0.2, 0) is 0 Å². The fourth-order valence-corrected chi connectivity index (χ4v) is 2.12. The van der Waals surface area contributed by atoms with Gasteiger partial charge in [-0.1, -0.05) is 42.5 Å². The molecule has 0 saturated heterocycles. The first-order valence-corrected chi connectivity index (χ1v) is 6.63. The van der Waals surface area contributed by atoms with E-state index in [9.17, 15) is 0 Å². The van der Waals surface area contributed by atoms with Crippen molar-refractivity contribution in [2.45, 2.75) is 0 Å². The second-order valence-electron chi connectivity index (χ2n) is 4.60. The molecule has 1 N–H and O–H groups in total. The predicted molar refractivity (Wildman–Crippen MR) is 84.1 cm³/mol. The molecule has 3 aromatic rings. The standard InChI is InChI=1S/C18H13N3/c19-12-16-10-11-20-13-18(16)21-17-8-6-15(7-9-17)14-4-2-1-3-5-14/h1-11,13,21H. The zero-order valence-corrected chi connectivity index (χ0v) is 11.3. The molecule has 0 spiro atoms. The molecule has 0 aliphatic carbocycles. The van der Waals surface area contributed by atoms with Crippen LogP contribution >= 0.6 is 0 Å². The number of rotatable bonds is 3. The van der Waals surface area contributed by atoms with Crippen molar-refractivity contribution in [2.24, 2.45) is 0 Å². The number of aromatic nitrogens is 1. The van der Waals surface area contributed by atoms with E-state index in [1.807, 2.05) is 30.3 Å². The Morgan fingerprint density at radius 3 is 2.29 bits per heavy atom. The number of nitriles is 1. The maximum atomic E-state index is 9.07. The Kier molecular flexibility index (Phi) is 3.62. The van der Waals surface area contributed by atoms with E-state index in [0.717, 1.165) is 11.3 Å². The molecule has 0 unspecified atom stereocenters. The van der Waals surface area contributed by atoms with Gasteiger partial charge in [0.25, 0.3) is 0 Å². The van der Waals surface area contributed by atoms with Gasteiger partial charge in [0.05, 0.1) is 17.4 Å². The molecule has 0 fully saturated rings. The molecule has 3 nitrogen and oxygen atoms in total. The van der Waals surface area contributed by atoms with Crippen molar-refractivity contribution in [1.82, 2.24) is 4.98 Å². The molecule has 100 valence electrons. The number of anilines is 2. The Morgan fingerprint density at radius 2 is 1.57 bits per heavy atom. The number of hydrogen-bond acceptors (Lipinski definition) is 3. The summed E-state index contributed by atoms with van der Waals surface area (Å²) in [6.07, 6.45) is 3.27. The van der Waals surface area contributed by atoms with Gasteiger partial charge in [-0.2, -0.15) is 5.26 Å². The lowest BCUT2D eigenvalue weighted by Crippen LogP contribution is -1.94. The fraction of sp³-hybridized carbons (Fsp3) is 0. The SMILES string of the molecule is N#Cc1ccncc1Nc1ccc(-c2ccccc2)cc1. The third kappa shape index (κ3) is 2.90. The van der Waals surface area contributed by atoms with Crippen LogP contribution in [0.1, 0.15) is 5.56 Å². The van der Waals surface area contributed by atoms with Crippen LogP contribution in [0.2, 0.25) is 0 Å². The van der Waals surface area contributed by atoms with E-state index in [4.69, 9.17) is 5.26 Å². The van der Waals surface area contributed by atoms with Gasteiger partial charge < -0.3 is 5.32 Å².